The summed E-state index contributed by atoms with van der Waals surface area (Å²) in [6.45, 7) is 2.66. The first-order chi connectivity index (χ1) is 11.8. The van der Waals surface area contributed by atoms with E-state index in [0.717, 1.165) is 27.7 Å². The fourth-order valence-electron chi connectivity index (χ4n) is 2.77. The van der Waals surface area contributed by atoms with Crippen molar-refractivity contribution < 1.29 is 4.74 Å². The molecule has 0 aliphatic heterocycles. The first kappa shape index (κ1) is 15.1. The lowest BCUT2D eigenvalue weighted by Crippen LogP contribution is -1.90. The van der Waals surface area contributed by atoms with Crippen molar-refractivity contribution in [1.82, 2.24) is 9.97 Å². The van der Waals surface area contributed by atoms with Gasteiger partial charge in [0.05, 0.1) is 17.6 Å². The van der Waals surface area contributed by atoms with Gasteiger partial charge in [-0.25, -0.2) is 4.98 Å². The van der Waals surface area contributed by atoms with Gasteiger partial charge in [0.25, 0.3) is 0 Å². The van der Waals surface area contributed by atoms with E-state index in [-0.39, 0.29) is 0 Å². The SMILES string of the molecule is CCOc1ccc2nc(SCc3ccc4ccccc4c3)[nH]c2c1. The van der Waals surface area contributed by atoms with Crippen molar-refractivity contribution in [2.45, 2.75) is 17.8 Å². The summed E-state index contributed by atoms with van der Waals surface area (Å²) in [4.78, 5) is 8.02. The van der Waals surface area contributed by atoms with Crippen molar-refractivity contribution in [2.75, 3.05) is 6.61 Å². The van der Waals surface area contributed by atoms with Crippen LogP contribution >= 0.6 is 11.8 Å². The molecule has 4 heteroatoms. The van der Waals surface area contributed by atoms with E-state index in [1.807, 2.05) is 25.1 Å². The second kappa shape index (κ2) is 6.57. The first-order valence-corrected chi connectivity index (χ1v) is 9.03. The summed E-state index contributed by atoms with van der Waals surface area (Å²) in [7, 11) is 0. The molecule has 0 aliphatic rings. The van der Waals surface area contributed by atoms with E-state index < -0.39 is 0 Å². The van der Waals surface area contributed by atoms with Crippen molar-refractivity contribution in [2.24, 2.45) is 0 Å². The van der Waals surface area contributed by atoms with Gasteiger partial charge in [0.2, 0.25) is 0 Å². The number of hydrogen-bond acceptors (Lipinski definition) is 3. The number of nitrogens with zero attached hydrogens (tertiary/aromatic N) is 1. The van der Waals surface area contributed by atoms with Gasteiger partial charge >= 0.3 is 0 Å². The molecule has 1 N–H and O–H groups in total. The Bertz CT molecular complexity index is 993. The molecule has 0 bridgehead atoms. The van der Waals surface area contributed by atoms with Gasteiger partial charge in [-0.1, -0.05) is 54.2 Å². The second-order valence-corrected chi connectivity index (χ2v) is 6.59. The Hall–Kier alpha value is -2.46. The van der Waals surface area contributed by atoms with Crippen molar-refractivity contribution in [3.63, 3.8) is 0 Å². The van der Waals surface area contributed by atoms with Crippen LogP contribution in [0.1, 0.15) is 12.5 Å². The van der Waals surface area contributed by atoms with Crippen LogP contribution in [0, 0.1) is 0 Å². The Labute approximate surface area is 145 Å². The van der Waals surface area contributed by atoms with Crippen LogP contribution in [0.4, 0.5) is 0 Å². The van der Waals surface area contributed by atoms with Crippen molar-refractivity contribution in [1.29, 1.82) is 0 Å². The molecule has 24 heavy (non-hydrogen) atoms. The molecular formula is C20H18N2OS. The Morgan fingerprint density at radius 2 is 1.88 bits per heavy atom. The molecule has 4 rings (SSSR count). The minimum Gasteiger partial charge on any atom is -0.494 e. The van der Waals surface area contributed by atoms with Gasteiger partial charge < -0.3 is 9.72 Å². The lowest BCUT2D eigenvalue weighted by molar-refractivity contribution is 0.340. The van der Waals surface area contributed by atoms with E-state index in [4.69, 9.17) is 4.74 Å². The quantitative estimate of drug-likeness (QED) is 0.496. The van der Waals surface area contributed by atoms with Gasteiger partial charge in [-0.2, -0.15) is 0 Å². The third-order valence-corrected chi connectivity index (χ3v) is 4.88. The number of nitrogens with one attached hydrogen (secondary N) is 1. The third kappa shape index (κ3) is 3.10. The van der Waals surface area contributed by atoms with Crippen LogP contribution in [0.5, 0.6) is 5.75 Å². The normalized spacial score (nSPS) is 11.2. The Kier molecular flexibility index (Phi) is 4.13. The average molecular weight is 334 g/mol. The van der Waals surface area contributed by atoms with E-state index in [2.05, 4.69) is 52.4 Å². The van der Waals surface area contributed by atoms with Crippen LogP contribution in [0.2, 0.25) is 0 Å². The number of ether oxygens (including phenoxy) is 1. The van der Waals surface area contributed by atoms with Crippen molar-refractivity contribution >= 4 is 33.6 Å². The van der Waals surface area contributed by atoms with E-state index in [0.29, 0.717) is 6.61 Å². The van der Waals surface area contributed by atoms with Gasteiger partial charge in [0.1, 0.15) is 5.75 Å². The number of rotatable bonds is 5. The smallest absolute Gasteiger partial charge is 0.166 e. The van der Waals surface area contributed by atoms with Crippen LogP contribution in [-0.4, -0.2) is 16.6 Å². The number of hydrogen-bond donors (Lipinski definition) is 1. The van der Waals surface area contributed by atoms with Gasteiger partial charge in [-0.05, 0) is 35.4 Å². The van der Waals surface area contributed by atoms with Gasteiger partial charge in [-0.3, -0.25) is 0 Å². The molecule has 1 aromatic heterocycles. The molecule has 0 saturated carbocycles. The maximum atomic E-state index is 5.54. The lowest BCUT2D eigenvalue weighted by atomic mass is 10.1. The largest absolute Gasteiger partial charge is 0.494 e. The van der Waals surface area contributed by atoms with Crippen molar-refractivity contribution in [3.8, 4) is 5.75 Å². The summed E-state index contributed by atoms with van der Waals surface area (Å²) < 4.78 is 5.54. The summed E-state index contributed by atoms with van der Waals surface area (Å²) >= 11 is 1.72. The predicted molar refractivity (Wildman–Crippen MR) is 101 cm³/mol. The standard InChI is InChI=1S/C20H18N2OS/c1-2-23-17-9-10-18-19(12-17)22-20(21-18)24-13-14-7-8-15-5-3-4-6-16(15)11-14/h3-12H,2,13H2,1H3,(H,21,22). The number of H-pyrrole nitrogens is 1. The summed E-state index contributed by atoms with van der Waals surface area (Å²) in [5.74, 6) is 1.77. The van der Waals surface area contributed by atoms with E-state index in [1.54, 1.807) is 11.8 Å². The Morgan fingerprint density at radius 3 is 2.75 bits per heavy atom. The summed E-state index contributed by atoms with van der Waals surface area (Å²) in [5.41, 5.74) is 3.29. The number of aromatic nitrogens is 2. The molecule has 0 radical (unpaired) electrons. The molecule has 0 atom stereocenters. The van der Waals surface area contributed by atoms with Crippen LogP contribution < -0.4 is 4.74 Å². The zero-order valence-corrected chi connectivity index (χ0v) is 14.3. The van der Waals surface area contributed by atoms with Crippen LogP contribution in [0.15, 0.2) is 65.8 Å². The zero-order chi connectivity index (χ0) is 16.4. The minimum absolute atomic E-state index is 0.670. The highest BCUT2D eigenvalue weighted by molar-refractivity contribution is 7.98. The predicted octanol–water partition coefficient (Wildman–Crippen LogP) is 5.41. The highest BCUT2D eigenvalue weighted by Crippen LogP contribution is 2.26. The molecule has 3 nitrogen and oxygen atoms in total. The minimum atomic E-state index is 0.670. The first-order valence-electron chi connectivity index (χ1n) is 8.05. The van der Waals surface area contributed by atoms with E-state index in [1.165, 1.54) is 16.3 Å². The molecule has 0 spiro atoms. The summed E-state index contributed by atoms with van der Waals surface area (Å²) in [6, 6.07) is 21.0. The average Bonchev–Trinajstić information content (AvgIpc) is 3.02. The molecule has 0 unspecified atom stereocenters. The number of aromatic amines is 1. The zero-order valence-electron chi connectivity index (χ0n) is 13.5. The molecule has 1 heterocycles. The monoisotopic (exact) mass is 334 g/mol. The molecular weight excluding hydrogens is 316 g/mol. The number of imidazole rings is 1. The van der Waals surface area contributed by atoms with Gasteiger partial charge in [-0.15, -0.1) is 0 Å². The fraction of sp³-hybridized carbons (Fsp3) is 0.150. The third-order valence-electron chi connectivity index (χ3n) is 3.93. The molecule has 3 aromatic carbocycles. The number of thioether (sulfide) groups is 1. The molecule has 120 valence electrons. The summed E-state index contributed by atoms with van der Waals surface area (Å²) in [5, 5.41) is 3.49. The van der Waals surface area contributed by atoms with Crippen LogP contribution in [-0.2, 0) is 5.75 Å². The lowest BCUT2D eigenvalue weighted by Gasteiger charge is -2.02. The Morgan fingerprint density at radius 1 is 1.00 bits per heavy atom. The molecule has 0 saturated heterocycles. The van der Waals surface area contributed by atoms with Gasteiger partial charge in [0, 0.05) is 11.8 Å². The van der Waals surface area contributed by atoms with Crippen molar-refractivity contribution in [3.05, 3.63) is 66.2 Å². The topological polar surface area (TPSA) is 37.9 Å². The fourth-order valence-corrected chi connectivity index (χ4v) is 3.60. The molecule has 0 fully saturated rings. The number of benzene rings is 3. The molecule has 4 aromatic rings. The highest BCUT2D eigenvalue weighted by atomic mass is 32.2. The second-order valence-electron chi connectivity index (χ2n) is 5.62. The molecule has 0 amide bonds. The number of fused-ring (bicyclic) bond motifs is 2. The highest BCUT2D eigenvalue weighted by Gasteiger charge is 2.06. The summed E-state index contributed by atoms with van der Waals surface area (Å²) in [6.07, 6.45) is 0. The Balaban J connectivity index is 1.52. The van der Waals surface area contributed by atoms with Gasteiger partial charge in [0.15, 0.2) is 5.16 Å². The van der Waals surface area contributed by atoms with Crippen LogP contribution in [0.3, 0.4) is 0 Å². The van der Waals surface area contributed by atoms with Crippen LogP contribution in [0.25, 0.3) is 21.8 Å². The maximum absolute atomic E-state index is 5.54. The van der Waals surface area contributed by atoms with E-state index in [9.17, 15) is 0 Å². The molecule has 0 aliphatic carbocycles. The van der Waals surface area contributed by atoms with E-state index >= 15 is 0 Å². The maximum Gasteiger partial charge on any atom is 0.166 e.